The van der Waals surface area contributed by atoms with Crippen molar-refractivity contribution in [2.75, 3.05) is 25.7 Å². The maximum Gasteiger partial charge on any atom is 0.508 e. The molecule has 0 aliphatic rings. The molecule has 0 unspecified atom stereocenters. The van der Waals surface area contributed by atoms with Crippen LogP contribution < -0.4 is 0 Å². The summed E-state index contributed by atoms with van der Waals surface area (Å²) in [5.74, 6) is 0.252. The number of carbonyl (C=O) groups excluding carboxylic acids is 1. The fourth-order valence-corrected chi connectivity index (χ4v) is 0.499. The largest absolute Gasteiger partial charge is 0.508 e. The van der Waals surface area contributed by atoms with Crippen LogP contribution >= 0.6 is 11.6 Å². The van der Waals surface area contributed by atoms with Gasteiger partial charge in [-0.3, -0.25) is 0 Å². The van der Waals surface area contributed by atoms with E-state index in [0.717, 1.165) is 0 Å². The van der Waals surface area contributed by atoms with Gasteiger partial charge in [0.1, 0.15) is 13.2 Å². The Morgan fingerprint density at radius 1 is 1.42 bits per heavy atom. The van der Waals surface area contributed by atoms with Gasteiger partial charge < -0.3 is 14.6 Å². The second kappa shape index (κ2) is 8.36. The van der Waals surface area contributed by atoms with Crippen molar-refractivity contribution < 1.29 is 19.4 Å². The van der Waals surface area contributed by atoms with Crippen molar-refractivity contribution in [3.05, 3.63) is 12.2 Å². The summed E-state index contributed by atoms with van der Waals surface area (Å²) in [6, 6.07) is 0. The Bertz CT molecular complexity index is 146. The zero-order valence-electron chi connectivity index (χ0n) is 6.53. The Morgan fingerprint density at radius 3 is 2.75 bits per heavy atom. The third kappa shape index (κ3) is 7.37. The monoisotopic (exact) mass is 194 g/mol. The van der Waals surface area contributed by atoms with Crippen LogP contribution in [-0.4, -0.2) is 37.0 Å². The van der Waals surface area contributed by atoms with E-state index in [4.69, 9.17) is 16.7 Å². The van der Waals surface area contributed by atoms with Crippen LogP contribution in [0.2, 0.25) is 0 Å². The number of alkyl halides is 1. The van der Waals surface area contributed by atoms with Crippen molar-refractivity contribution in [2.24, 2.45) is 0 Å². The molecule has 0 atom stereocenters. The minimum Gasteiger partial charge on any atom is -0.433 e. The summed E-state index contributed by atoms with van der Waals surface area (Å²) in [6.07, 6.45) is 2.23. The fourth-order valence-electron chi connectivity index (χ4n) is 0.422. The molecule has 0 fully saturated rings. The number of aliphatic hydroxyl groups excluding tert-OH is 1. The first-order chi connectivity index (χ1) is 5.81. The van der Waals surface area contributed by atoms with E-state index in [-0.39, 0.29) is 25.7 Å². The van der Waals surface area contributed by atoms with E-state index in [1.165, 1.54) is 12.2 Å². The van der Waals surface area contributed by atoms with E-state index in [1.807, 2.05) is 0 Å². The Hall–Kier alpha value is -0.740. The van der Waals surface area contributed by atoms with Gasteiger partial charge in [0.05, 0.1) is 12.5 Å². The highest BCUT2D eigenvalue weighted by molar-refractivity contribution is 6.18. The first kappa shape index (κ1) is 11.3. The van der Waals surface area contributed by atoms with Crippen molar-refractivity contribution in [1.29, 1.82) is 0 Å². The third-order valence-electron chi connectivity index (χ3n) is 0.867. The molecule has 0 aromatic heterocycles. The van der Waals surface area contributed by atoms with E-state index < -0.39 is 6.16 Å². The van der Waals surface area contributed by atoms with E-state index in [0.29, 0.717) is 0 Å². The second-order valence-electron chi connectivity index (χ2n) is 1.75. The van der Waals surface area contributed by atoms with Gasteiger partial charge in [0, 0.05) is 0 Å². The highest BCUT2D eigenvalue weighted by Crippen LogP contribution is 1.87. The standard InChI is InChI=1S/C7H11ClO4/c8-3-6-12-7(10)11-5-2-1-4-9/h1-2,9H,3-6H2. The van der Waals surface area contributed by atoms with Crippen molar-refractivity contribution in [3.63, 3.8) is 0 Å². The van der Waals surface area contributed by atoms with Crippen molar-refractivity contribution in [2.45, 2.75) is 0 Å². The van der Waals surface area contributed by atoms with Gasteiger partial charge in [-0.1, -0.05) is 6.08 Å². The van der Waals surface area contributed by atoms with Gasteiger partial charge in [0.2, 0.25) is 0 Å². The summed E-state index contributed by atoms with van der Waals surface area (Å²) < 4.78 is 9.01. The Kier molecular flexibility index (Phi) is 7.84. The SMILES string of the molecule is O=C(OCC=CCO)OCCCl. The van der Waals surface area contributed by atoms with Gasteiger partial charge in [0.25, 0.3) is 0 Å². The predicted molar refractivity (Wildman–Crippen MR) is 44.2 cm³/mol. The van der Waals surface area contributed by atoms with Crippen LogP contribution in [0, 0.1) is 0 Å². The number of ether oxygens (including phenoxy) is 2. The lowest BCUT2D eigenvalue weighted by molar-refractivity contribution is 0.0677. The number of rotatable bonds is 5. The molecule has 4 nitrogen and oxygen atoms in total. The molecule has 0 radical (unpaired) electrons. The highest BCUT2D eigenvalue weighted by Gasteiger charge is 1.99. The van der Waals surface area contributed by atoms with Gasteiger partial charge in [-0.2, -0.15) is 0 Å². The molecule has 0 amide bonds. The smallest absolute Gasteiger partial charge is 0.433 e. The van der Waals surface area contributed by atoms with Gasteiger partial charge in [0.15, 0.2) is 0 Å². The number of carbonyl (C=O) groups is 1. The van der Waals surface area contributed by atoms with Crippen molar-refractivity contribution >= 4 is 17.8 Å². The molecule has 0 saturated heterocycles. The summed E-state index contributed by atoms with van der Waals surface area (Å²) in [6.45, 7) is 0.172. The zero-order chi connectivity index (χ0) is 9.23. The topological polar surface area (TPSA) is 55.8 Å². The first-order valence-electron chi connectivity index (χ1n) is 3.42. The summed E-state index contributed by atoms with van der Waals surface area (Å²) in [5, 5.41) is 8.30. The van der Waals surface area contributed by atoms with Gasteiger partial charge in [-0.25, -0.2) is 4.79 Å². The Morgan fingerprint density at radius 2 is 2.17 bits per heavy atom. The molecule has 12 heavy (non-hydrogen) atoms. The molecular weight excluding hydrogens is 184 g/mol. The van der Waals surface area contributed by atoms with Crippen molar-refractivity contribution in [3.8, 4) is 0 Å². The van der Waals surface area contributed by atoms with Gasteiger partial charge in [-0.15, -0.1) is 11.6 Å². The van der Waals surface area contributed by atoms with Gasteiger partial charge in [-0.05, 0) is 6.08 Å². The number of aliphatic hydroxyl groups is 1. The zero-order valence-corrected chi connectivity index (χ0v) is 7.29. The number of halogens is 1. The maximum absolute atomic E-state index is 10.6. The molecule has 0 aromatic carbocycles. The van der Waals surface area contributed by atoms with E-state index in [2.05, 4.69) is 9.47 Å². The van der Waals surface area contributed by atoms with Crippen LogP contribution in [0.5, 0.6) is 0 Å². The van der Waals surface area contributed by atoms with Gasteiger partial charge >= 0.3 is 6.16 Å². The Balaban J connectivity index is 3.25. The lowest BCUT2D eigenvalue weighted by Gasteiger charge is -2.01. The van der Waals surface area contributed by atoms with Crippen LogP contribution in [0.3, 0.4) is 0 Å². The maximum atomic E-state index is 10.6. The molecule has 0 saturated carbocycles. The van der Waals surface area contributed by atoms with Crippen LogP contribution in [-0.2, 0) is 9.47 Å². The normalized spacial score (nSPS) is 10.2. The molecule has 70 valence electrons. The molecule has 0 aliphatic heterocycles. The summed E-state index contributed by atoms with van der Waals surface area (Å²) in [7, 11) is 0. The van der Waals surface area contributed by atoms with E-state index in [1.54, 1.807) is 0 Å². The third-order valence-corrected chi connectivity index (χ3v) is 1.02. The molecule has 0 rings (SSSR count). The lowest BCUT2D eigenvalue weighted by Crippen LogP contribution is -2.08. The molecule has 0 aliphatic carbocycles. The summed E-state index contributed by atoms with van der Waals surface area (Å²) in [5.41, 5.74) is 0. The second-order valence-corrected chi connectivity index (χ2v) is 2.13. The number of hydrogen-bond acceptors (Lipinski definition) is 4. The molecule has 0 spiro atoms. The highest BCUT2D eigenvalue weighted by atomic mass is 35.5. The molecule has 5 heteroatoms. The molecule has 1 N–H and O–H groups in total. The van der Waals surface area contributed by atoms with E-state index in [9.17, 15) is 4.79 Å². The van der Waals surface area contributed by atoms with Crippen LogP contribution in [0.15, 0.2) is 12.2 Å². The minimum absolute atomic E-state index is 0.0694. The number of hydrogen-bond donors (Lipinski definition) is 1. The lowest BCUT2D eigenvalue weighted by atomic mass is 10.5. The minimum atomic E-state index is -0.752. The molecule has 0 bridgehead atoms. The molecular formula is C7H11ClO4. The molecule has 0 aromatic rings. The molecule has 0 heterocycles. The first-order valence-corrected chi connectivity index (χ1v) is 3.96. The van der Waals surface area contributed by atoms with Crippen LogP contribution in [0.1, 0.15) is 0 Å². The summed E-state index contributed by atoms with van der Waals surface area (Å²) in [4.78, 5) is 10.6. The quantitative estimate of drug-likeness (QED) is 0.402. The van der Waals surface area contributed by atoms with Crippen LogP contribution in [0.4, 0.5) is 4.79 Å². The van der Waals surface area contributed by atoms with Crippen LogP contribution in [0.25, 0.3) is 0 Å². The fraction of sp³-hybridized carbons (Fsp3) is 0.571. The summed E-state index contributed by atoms with van der Waals surface area (Å²) >= 11 is 5.25. The predicted octanol–water partition coefficient (Wildman–Crippen LogP) is 0.927. The average molecular weight is 195 g/mol. The average Bonchev–Trinajstić information content (AvgIpc) is 2.09. The van der Waals surface area contributed by atoms with Crippen molar-refractivity contribution in [1.82, 2.24) is 0 Å². The van der Waals surface area contributed by atoms with E-state index >= 15 is 0 Å². The Labute approximate surface area is 75.7 Å².